The SMILES string of the molecule is CC1(C(=O)Nc2ccc(Cn3cncn3)cc2)CC1(Cl)Cl. The summed E-state index contributed by atoms with van der Waals surface area (Å²) >= 11 is 12.0. The van der Waals surface area contributed by atoms with Crippen LogP contribution in [0.3, 0.4) is 0 Å². The van der Waals surface area contributed by atoms with Gasteiger partial charge in [0.1, 0.15) is 17.0 Å². The Bertz CT molecular complexity index is 654. The van der Waals surface area contributed by atoms with E-state index in [0.717, 1.165) is 11.3 Å². The zero-order chi connectivity index (χ0) is 15.1. The van der Waals surface area contributed by atoms with Crippen LogP contribution >= 0.6 is 23.2 Å². The van der Waals surface area contributed by atoms with Crippen LogP contribution < -0.4 is 5.32 Å². The van der Waals surface area contributed by atoms with E-state index in [-0.39, 0.29) is 5.91 Å². The Morgan fingerprint density at radius 1 is 1.38 bits per heavy atom. The van der Waals surface area contributed by atoms with Gasteiger partial charge in [-0.15, -0.1) is 23.2 Å². The standard InChI is InChI=1S/C14H14Cl2N4O/c1-13(7-14(13,15)16)12(21)19-11-4-2-10(3-5-11)6-20-9-17-8-18-20/h2-5,8-9H,6-7H2,1H3,(H,19,21). The van der Waals surface area contributed by atoms with E-state index in [9.17, 15) is 4.79 Å². The van der Waals surface area contributed by atoms with E-state index in [1.54, 1.807) is 17.9 Å². The molecule has 1 aromatic heterocycles. The number of carbonyl (C=O) groups excluding carboxylic acids is 1. The van der Waals surface area contributed by atoms with Crippen molar-refractivity contribution in [3.63, 3.8) is 0 Å². The maximum atomic E-state index is 12.2. The molecule has 1 saturated carbocycles. The number of nitrogens with one attached hydrogen (secondary N) is 1. The predicted molar refractivity (Wildman–Crippen MR) is 81.4 cm³/mol. The summed E-state index contributed by atoms with van der Waals surface area (Å²) in [5, 5.41) is 6.89. The van der Waals surface area contributed by atoms with Gasteiger partial charge in [-0.25, -0.2) is 9.67 Å². The molecule has 21 heavy (non-hydrogen) atoms. The van der Waals surface area contributed by atoms with Crippen LogP contribution in [0.2, 0.25) is 0 Å². The highest BCUT2D eigenvalue weighted by atomic mass is 35.5. The van der Waals surface area contributed by atoms with Crippen LogP contribution in [0.1, 0.15) is 18.9 Å². The highest BCUT2D eigenvalue weighted by Gasteiger charge is 2.67. The van der Waals surface area contributed by atoms with Crippen LogP contribution in [0.25, 0.3) is 0 Å². The number of benzene rings is 1. The highest BCUT2D eigenvalue weighted by molar-refractivity contribution is 6.53. The molecule has 1 N–H and O–H groups in total. The van der Waals surface area contributed by atoms with E-state index < -0.39 is 9.75 Å². The Labute approximate surface area is 132 Å². The number of rotatable bonds is 4. The fourth-order valence-electron chi connectivity index (χ4n) is 2.11. The molecule has 3 rings (SSSR count). The molecule has 0 aliphatic heterocycles. The molecule has 0 radical (unpaired) electrons. The van der Waals surface area contributed by atoms with Crippen molar-refractivity contribution in [3.05, 3.63) is 42.5 Å². The van der Waals surface area contributed by atoms with Crippen molar-refractivity contribution in [3.8, 4) is 0 Å². The molecule has 1 fully saturated rings. The highest BCUT2D eigenvalue weighted by Crippen LogP contribution is 2.64. The fraction of sp³-hybridized carbons (Fsp3) is 0.357. The molecule has 1 aliphatic carbocycles. The van der Waals surface area contributed by atoms with Crippen LogP contribution in [0.5, 0.6) is 0 Å². The molecule has 1 heterocycles. The lowest BCUT2D eigenvalue weighted by molar-refractivity contribution is -0.120. The monoisotopic (exact) mass is 324 g/mol. The minimum absolute atomic E-state index is 0.156. The van der Waals surface area contributed by atoms with E-state index in [4.69, 9.17) is 23.2 Å². The van der Waals surface area contributed by atoms with E-state index >= 15 is 0 Å². The second-order valence-electron chi connectivity index (χ2n) is 5.46. The molecule has 1 unspecified atom stereocenters. The molecular formula is C14H14Cl2N4O. The Morgan fingerprint density at radius 2 is 2.05 bits per heavy atom. The molecule has 1 aliphatic rings. The van der Waals surface area contributed by atoms with Crippen molar-refractivity contribution in [2.75, 3.05) is 5.32 Å². The normalized spacial score (nSPS) is 22.8. The largest absolute Gasteiger partial charge is 0.326 e. The minimum atomic E-state index is -0.954. The summed E-state index contributed by atoms with van der Waals surface area (Å²) < 4.78 is 0.776. The zero-order valence-corrected chi connectivity index (χ0v) is 12.9. The van der Waals surface area contributed by atoms with E-state index in [0.29, 0.717) is 13.0 Å². The van der Waals surface area contributed by atoms with Gasteiger partial charge in [-0.1, -0.05) is 12.1 Å². The van der Waals surface area contributed by atoms with Crippen LogP contribution in [0, 0.1) is 5.41 Å². The lowest BCUT2D eigenvalue weighted by Crippen LogP contribution is -2.25. The molecular weight excluding hydrogens is 311 g/mol. The van der Waals surface area contributed by atoms with Gasteiger partial charge in [0.2, 0.25) is 5.91 Å². The molecule has 0 spiro atoms. The topological polar surface area (TPSA) is 59.8 Å². The number of hydrogen-bond donors (Lipinski definition) is 1. The third-order valence-electron chi connectivity index (χ3n) is 3.78. The van der Waals surface area contributed by atoms with E-state index in [2.05, 4.69) is 15.4 Å². The van der Waals surface area contributed by atoms with Gasteiger partial charge in [0.25, 0.3) is 0 Å². The molecule has 1 amide bonds. The maximum Gasteiger partial charge on any atom is 0.233 e. The van der Waals surface area contributed by atoms with Crippen LogP contribution in [-0.2, 0) is 11.3 Å². The van der Waals surface area contributed by atoms with E-state index in [1.165, 1.54) is 6.33 Å². The van der Waals surface area contributed by atoms with Crippen molar-refractivity contribution < 1.29 is 4.79 Å². The van der Waals surface area contributed by atoms with Crippen molar-refractivity contribution >= 4 is 34.8 Å². The summed E-state index contributed by atoms with van der Waals surface area (Å²) in [6.07, 6.45) is 3.62. The summed E-state index contributed by atoms with van der Waals surface area (Å²) in [5.41, 5.74) is 1.08. The fourth-order valence-corrected chi connectivity index (χ4v) is 2.82. The first-order valence-corrected chi connectivity index (χ1v) is 7.27. The summed E-state index contributed by atoms with van der Waals surface area (Å²) in [6.45, 7) is 2.40. The summed E-state index contributed by atoms with van der Waals surface area (Å²) in [4.78, 5) is 16.0. The number of anilines is 1. The van der Waals surface area contributed by atoms with Gasteiger partial charge < -0.3 is 5.32 Å². The lowest BCUT2D eigenvalue weighted by atomic mass is 10.1. The number of alkyl halides is 2. The molecule has 5 nitrogen and oxygen atoms in total. The van der Waals surface area contributed by atoms with Crippen molar-refractivity contribution in [2.45, 2.75) is 24.2 Å². The average molecular weight is 325 g/mol. The third-order valence-corrected chi connectivity index (χ3v) is 4.88. The van der Waals surface area contributed by atoms with Crippen LogP contribution in [0.4, 0.5) is 5.69 Å². The average Bonchev–Trinajstić information content (AvgIpc) is 2.81. The molecule has 2 aromatic rings. The quantitative estimate of drug-likeness (QED) is 0.880. The Balaban J connectivity index is 1.64. The van der Waals surface area contributed by atoms with Crippen LogP contribution in [-0.4, -0.2) is 25.0 Å². The molecule has 1 atom stereocenters. The Hall–Kier alpha value is -1.59. The first-order valence-electron chi connectivity index (χ1n) is 6.51. The van der Waals surface area contributed by atoms with E-state index in [1.807, 2.05) is 24.3 Å². The van der Waals surface area contributed by atoms with Crippen molar-refractivity contribution in [1.82, 2.24) is 14.8 Å². The first-order chi connectivity index (χ1) is 9.91. The summed E-state index contributed by atoms with van der Waals surface area (Å²) in [5.74, 6) is -0.156. The van der Waals surface area contributed by atoms with Gasteiger partial charge in [-0.05, 0) is 31.0 Å². The number of halogens is 2. The first kappa shape index (κ1) is 14.4. The number of nitrogens with zero attached hydrogens (tertiary/aromatic N) is 3. The molecule has 0 bridgehead atoms. The van der Waals surface area contributed by atoms with Gasteiger partial charge in [0.05, 0.1) is 12.0 Å². The summed E-state index contributed by atoms with van der Waals surface area (Å²) in [7, 11) is 0. The smallest absolute Gasteiger partial charge is 0.233 e. The Morgan fingerprint density at radius 3 is 2.57 bits per heavy atom. The van der Waals surface area contributed by atoms with Crippen molar-refractivity contribution in [2.24, 2.45) is 5.41 Å². The van der Waals surface area contributed by atoms with Gasteiger partial charge in [-0.2, -0.15) is 5.10 Å². The van der Waals surface area contributed by atoms with Gasteiger partial charge >= 0.3 is 0 Å². The number of aromatic nitrogens is 3. The van der Waals surface area contributed by atoms with Gasteiger partial charge in [0.15, 0.2) is 0 Å². The van der Waals surface area contributed by atoms with Crippen molar-refractivity contribution in [1.29, 1.82) is 0 Å². The number of hydrogen-bond acceptors (Lipinski definition) is 3. The third kappa shape index (κ3) is 2.76. The number of carbonyl (C=O) groups is 1. The van der Waals surface area contributed by atoms with Gasteiger partial charge in [-0.3, -0.25) is 4.79 Å². The second-order valence-corrected chi connectivity index (χ2v) is 6.94. The Kier molecular flexibility index (Phi) is 3.42. The number of amides is 1. The predicted octanol–water partition coefficient (Wildman–Crippen LogP) is 2.85. The molecule has 0 saturated heterocycles. The summed E-state index contributed by atoms with van der Waals surface area (Å²) in [6, 6.07) is 7.56. The minimum Gasteiger partial charge on any atom is -0.326 e. The zero-order valence-electron chi connectivity index (χ0n) is 11.4. The second kappa shape index (κ2) is 5.00. The van der Waals surface area contributed by atoms with Crippen LogP contribution in [0.15, 0.2) is 36.9 Å². The lowest BCUT2D eigenvalue weighted by Gasteiger charge is -2.13. The molecule has 1 aromatic carbocycles. The van der Waals surface area contributed by atoms with Gasteiger partial charge in [0, 0.05) is 5.69 Å². The maximum absolute atomic E-state index is 12.2. The molecule has 7 heteroatoms. The molecule has 110 valence electrons.